The minimum atomic E-state index is -0.494. The fourth-order valence-corrected chi connectivity index (χ4v) is 1.09. The van der Waals surface area contributed by atoms with Crippen molar-refractivity contribution in [1.82, 2.24) is 0 Å². The molecule has 0 saturated heterocycles. The minimum Gasteiger partial charge on any atom is -0.382 e. The predicted octanol–water partition coefficient (Wildman–Crippen LogP) is 1.91. The second-order valence-electron chi connectivity index (χ2n) is 2.78. The van der Waals surface area contributed by atoms with E-state index in [4.69, 9.17) is 14.7 Å². The molecule has 0 radical (unpaired) electrons. The maximum absolute atomic E-state index is 8.86. The number of rotatable bonds is 5. The number of hydrogen-bond donors (Lipinski definition) is 0. The summed E-state index contributed by atoms with van der Waals surface area (Å²) >= 11 is 0. The monoisotopic (exact) mass is 191 g/mol. The van der Waals surface area contributed by atoms with Crippen molar-refractivity contribution in [3.8, 4) is 6.07 Å². The lowest BCUT2D eigenvalue weighted by Gasteiger charge is -2.09. The summed E-state index contributed by atoms with van der Waals surface area (Å²) in [6, 6.07) is 11.5. The summed E-state index contributed by atoms with van der Waals surface area (Å²) < 4.78 is 10.2. The summed E-state index contributed by atoms with van der Waals surface area (Å²) in [5.41, 5.74) is 0.881. The number of benzene rings is 1. The summed E-state index contributed by atoms with van der Waals surface area (Å²) in [6.45, 7) is 0.939. The van der Waals surface area contributed by atoms with Crippen LogP contribution in [0.2, 0.25) is 0 Å². The third-order valence-corrected chi connectivity index (χ3v) is 1.79. The largest absolute Gasteiger partial charge is 0.382 e. The van der Waals surface area contributed by atoms with E-state index in [0.29, 0.717) is 13.2 Å². The molecule has 1 rings (SSSR count). The van der Waals surface area contributed by atoms with E-state index in [0.717, 1.165) is 5.56 Å². The molecular formula is C11H13NO2. The number of methoxy groups -OCH3 is 1. The van der Waals surface area contributed by atoms with E-state index >= 15 is 0 Å². The molecule has 0 spiro atoms. The van der Waals surface area contributed by atoms with Crippen molar-refractivity contribution >= 4 is 0 Å². The molecule has 3 heteroatoms. The molecule has 1 aromatic rings. The van der Waals surface area contributed by atoms with Crippen molar-refractivity contribution in [1.29, 1.82) is 5.26 Å². The van der Waals surface area contributed by atoms with E-state index < -0.39 is 6.10 Å². The van der Waals surface area contributed by atoms with Crippen LogP contribution in [0.4, 0.5) is 0 Å². The fraction of sp³-hybridized carbons (Fsp3) is 0.364. The number of nitriles is 1. The Morgan fingerprint density at radius 3 is 2.57 bits per heavy atom. The van der Waals surface area contributed by atoms with Gasteiger partial charge in [0, 0.05) is 7.11 Å². The Balaban J connectivity index is 2.52. The van der Waals surface area contributed by atoms with Crippen LogP contribution in [-0.4, -0.2) is 20.3 Å². The molecule has 0 unspecified atom stereocenters. The molecule has 1 atom stereocenters. The fourth-order valence-electron chi connectivity index (χ4n) is 1.09. The zero-order valence-corrected chi connectivity index (χ0v) is 8.14. The summed E-state index contributed by atoms with van der Waals surface area (Å²) in [5, 5.41) is 8.86. The smallest absolute Gasteiger partial charge is 0.169 e. The van der Waals surface area contributed by atoms with Crippen LogP contribution in [-0.2, 0) is 9.47 Å². The van der Waals surface area contributed by atoms with Crippen LogP contribution in [0, 0.1) is 11.3 Å². The van der Waals surface area contributed by atoms with Crippen molar-refractivity contribution in [3.63, 3.8) is 0 Å². The van der Waals surface area contributed by atoms with E-state index in [1.807, 2.05) is 30.3 Å². The Kier molecular flexibility index (Phi) is 4.70. The van der Waals surface area contributed by atoms with Gasteiger partial charge in [-0.25, -0.2) is 0 Å². The van der Waals surface area contributed by atoms with Crippen LogP contribution >= 0.6 is 0 Å². The molecule has 0 aliphatic rings. The predicted molar refractivity (Wildman–Crippen MR) is 52.6 cm³/mol. The van der Waals surface area contributed by atoms with E-state index in [1.54, 1.807) is 7.11 Å². The highest BCUT2D eigenvalue weighted by molar-refractivity contribution is 5.21. The second kappa shape index (κ2) is 6.14. The molecule has 1 aromatic carbocycles. The van der Waals surface area contributed by atoms with Gasteiger partial charge < -0.3 is 9.47 Å². The zero-order chi connectivity index (χ0) is 10.2. The molecule has 0 aromatic heterocycles. The average Bonchev–Trinajstić information content (AvgIpc) is 2.26. The van der Waals surface area contributed by atoms with Gasteiger partial charge >= 0.3 is 0 Å². The van der Waals surface area contributed by atoms with E-state index in [-0.39, 0.29) is 0 Å². The Morgan fingerprint density at radius 2 is 2.00 bits per heavy atom. The molecule has 3 nitrogen and oxygen atoms in total. The molecule has 0 bridgehead atoms. The van der Waals surface area contributed by atoms with Gasteiger partial charge in [0.15, 0.2) is 6.10 Å². The van der Waals surface area contributed by atoms with E-state index in [1.165, 1.54) is 0 Å². The Hall–Kier alpha value is -1.37. The normalized spacial score (nSPS) is 12.0. The lowest BCUT2D eigenvalue weighted by molar-refractivity contribution is 0.0423. The van der Waals surface area contributed by atoms with Crippen molar-refractivity contribution in [2.75, 3.05) is 20.3 Å². The number of ether oxygens (including phenoxy) is 2. The van der Waals surface area contributed by atoms with E-state index in [9.17, 15) is 0 Å². The lowest BCUT2D eigenvalue weighted by Crippen LogP contribution is -2.07. The van der Waals surface area contributed by atoms with Crippen molar-refractivity contribution in [2.45, 2.75) is 6.10 Å². The maximum atomic E-state index is 8.86. The Morgan fingerprint density at radius 1 is 1.29 bits per heavy atom. The number of hydrogen-bond acceptors (Lipinski definition) is 3. The van der Waals surface area contributed by atoms with Gasteiger partial charge in [-0.1, -0.05) is 30.3 Å². The van der Waals surface area contributed by atoms with Crippen LogP contribution in [0.15, 0.2) is 30.3 Å². The SMILES string of the molecule is COCCO[C@@H](C#N)c1ccccc1. The van der Waals surface area contributed by atoms with Gasteiger partial charge in [0.2, 0.25) is 0 Å². The third-order valence-electron chi connectivity index (χ3n) is 1.79. The van der Waals surface area contributed by atoms with Crippen LogP contribution in [0.25, 0.3) is 0 Å². The van der Waals surface area contributed by atoms with E-state index in [2.05, 4.69) is 6.07 Å². The standard InChI is InChI=1S/C11H13NO2/c1-13-7-8-14-11(9-12)10-5-3-2-4-6-10/h2-6,11H,7-8H2,1H3/t11-/m0/s1. The first-order valence-corrected chi connectivity index (χ1v) is 4.43. The van der Waals surface area contributed by atoms with Crippen molar-refractivity contribution in [2.24, 2.45) is 0 Å². The highest BCUT2D eigenvalue weighted by Gasteiger charge is 2.08. The van der Waals surface area contributed by atoms with Crippen LogP contribution in [0.3, 0.4) is 0 Å². The molecular weight excluding hydrogens is 178 g/mol. The number of nitrogens with zero attached hydrogens (tertiary/aromatic N) is 1. The van der Waals surface area contributed by atoms with Crippen LogP contribution in [0.1, 0.15) is 11.7 Å². The second-order valence-corrected chi connectivity index (χ2v) is 2.78. The quantitative estimate of drug-likeness (QED) is 0.668. The summed E-state index contributed by atoms with van der Waals surface area (Å²) in [7, 11) is 1.60. The molecule has 0 heterocycles. The van der Waals surface area contributed by atoms with Gasteiger partial charge in [-0.15, -0.1) is 0 Å². The maximum Gasteiger partial charge on any atom is 0.169 e. The molecule has 74 valence electrons. The summed E-state index contributed by atoms with van der Waals surface area (Å²) in [5.74, 6) is 0. The van der Waals surface area contributed by atoms with Crippen molar-refractivity contribution in [3.05, 3.63) is 35.9 Å². The Bertz CT molecular complexity index is 292. The summed E-state index contributed by atoms with van der Waals surface area (Å²) in [4.78, 5) is 0. The molecule has 0 aliphatic heterocycles. The topological polar surface area (TPSA) is 42.2 Å². The molecule has 0 saturated carbocycles. The Labute approximate surface area is 83.9 Å². The molecule has 0 amide bonds. The van der Waals surface area contributed by atoms with Gasteiger partial charge in [0.1, 0.15) is 0 Å². The average molecular weight is 191 g/mol. The highest BCUT2D eigenvalue weighted by atomic mass is 16.5. The van der Waals surface area contributed by atoms with Gasteiger partial charge in [-0.05, 0) is 5.56 Å². The molecule has 0 fully saturated rings. The first-order valence-electron chi connectivity index (χ1n) is 4.43. The lowest BCUT2D eigenvalue weighted by atomic mass is 10.1. The first-order chi connectivity index (χ1) is 6.88. The van der Waals surface area contributed by atoms with Crippen LogP contribution in [0.5, 0.6) is 0 Å². The third kappa shape index (κ3) is 3.17. The van der Waals surface area contributed by atoms with Crippen molar-refractivity contribution < 1.29 is 9.47 Å². The highest BCUT2D eigenvalue weighted by Crippen LogP contribution is 2.15. The van der Waals surface area contributed by atoms with Gasteiger partial charge in [-0.2, -0.15) is 5.26 Å². The van der Waals surface area contributed by atoms with Gasteiger partial charge in [0.05, 0.1) is 19.3 Å². The van der Waals surface area contributed by atoms with Crippen LogP contribution < -0.4 is 0 Å². The summed E-state index contributed by atoms with van der Waals surface area (Å²) in [6.07, 6.45) is -0.494. The first kappa shape index (κ1) is 10.7. The molecule has 14 heavy (non-hydrogen) atoms. The van der Waals surface area contributed by atoms with Gasteiger partial charge in [0.25, 0.3) is 0 Å². The zero-order valence-electron chi connectivity index (χ0n) is 8.14. The molecule has 0 N–H and O–H groups in total. The molecule has 0 aliphatic carbocycles. The van der Waals surface area contributed by atoms with Gasteiger partial charge in [-0.3, -0.25) is 0 Å². The minimum absolute atomic E-state index is 0.434.